The summed E-state index contributed by atoms with van der Waals surface area (Å²) in [7, 11) is 0. The third kappa shape index (κ3) is 1.15. The van der Waals surface area contributed by atoms with Crippen molar-refractivity contribution in [1.29, 1.82) is 0 Å². The first-order valence-corrected chi connectivity index (χ1v) is 6.81. The molecule has 0 aromatic heterocycles. The van der Waals surface area contributed by atoms with Gasteiger partial charge in [-0.15, -0.1) is 0 Å². The molecule has 3 heteroatoms. The van der Waals surface area contributed by atoms with Crippen LogP contribution in [0.15, 0.2) is 12.2 Å². The van der Waals surface area contributed by atoms with Gasteiger partial charge in [0.1, 0.15) is 5.60 Å². The minimum absolute atomic E-state index is 0.0251. The molecule has 0 unspecified atom stereocenters. The number of epoxide rings is 1. The molecule has 3 rings (SSSR count). The molecular weight excluding hydrogens is 228 g/mol. The van der Waals surface area contributed by atoms with Crippen LogP contribution in [0.1, 0.15) is 52.9 Å². The van der Waals surface area contributed by atoms with Crippen LogP contribution >= 0.6 is 0 Å². The lowest BCUT2D eigenvalue weighted by Gasteiger charge is -2.50. The summed E-state index contributed by atoms with van der Waals surface area (Å²) in [4.78, 5) is 12.1. The Balaban J connectivity index is 2.02. The smallest absolute Gasteiger partial charge is 0.167 e. The van der Waals surface area contributed by atoms with Crippen LogP contribution in [0.2, 0.25) is 0 Å². The van der Waals surface area contributed by atoms with Crippen LogP contribution in [0, 0.1) is 5.41 Å². The number of ketones is 1. The summed E-state index contributed by atoms with van der Waals surface area (Å²) in [6.07, 6.45) is 3.65. The van der Waals surface area contributed by atoms with E-state index in [0.717, 1.165) is 24.8 Å². The SMILES string of the molecule is C=C(C)[C@@]1(O)CC[C@]2(C)CCC(=O)[C@]3(C)O[C@]23C1. The van der Waals surface area contributed by atoms with Gasteiger partial charge in [-0.2, -0.15) is 0 Å². The third-order valence-corrected chi connectivity index (χ3v) is 5.94. The average molecular weight is 250 g/mol. The number of ether oxygens (including phenoxy) is 1. The second kappa shape index (κ2) is 3.07. The highest BCUT2D eigenvalue weighted by molar-refractivity contribution is 5.93. The van der Waals surface area contributed by atoms with Crippen LogP contribution in [0.3, 0.4) is 0 Å². The number of rotatable bonds is 1. The molecule has 100 valence electrons. The average Bonchev–Trinajstić information content (AvgIpc) is 2.90. The second-order valence-corrected chi connectivity index (χ2v) is 6.93. The number of aliphatic hydroxyl groups is 1. The fourth-order valence-corrected chi connectivity index (χ4v) is 4.23. The summed E-state index contributed by atoms with van der Waals surface area (Å²) < 4.78 is 5.97. The highest BCUT2D eigenvalue weighted by Crippen LogP contribution is 2.71. The Labute approximate surface area is 108 Å². The third-order valence-electron chi connectivity index (χ3n) is 5.94. The summed E-state index contributed by atoms with van der Waals surface area (Å²) >= 11 is 0. The van der Waals surface area contributed by atoms with Crippen LogP contribution in [0.4, 0.5) is 0 Å². The Morgan fingerprint density at radius 3 is 2.61 bits per heavy atom. The molecule has 1 aliphatic heterocycles. The molecule has 18 heavy (non-hydrogen) atoms. The molecule has 1 saturated heterocycles. The highest BCUT2D eigenvalue weighted by atomic mass is 16.6. The Morgan fingerprint density at radius 1 is 1.33 bits per heavy atom. The van der Waals surface area contributed by atoms with E-state index in [2.05, 4.69) is 13.5 Å². The standard InChI is InChI=1S/C15H22O3/c1-10(2)14(17)8-7-12(3)6-5-11(16)13(4)15(12,9-14)18-13/h17H,1,5-9H2,2-4H3/t12-,13-,14+,15+/m0/s1. The van der Waals surface area contributed by atoms with Crippen LogP contribution < -0.4 is 0 Å². The number of hydrogen-bond donors (Lipinski definition) is 1. The van der Waals surface area contributed by atoms with E-state index >= 15 is 0 Å². The summed E-state index contributed by atoms with van der Waals surface area (Å²) in [5, 5.41) is 10.7. The fourth-order valence-electron chi connectivity index (χ4n) is 4.23. The summed E-state index contributed by atoms with van der Waals surface area (Å²) in [5.74, 6) is 0.200. The molecule has 1 spiro atoms. The van der Waals surface area contributed by atoms with Crippen molar-refractivity contribution in [1.82, 2.24) is 0 Å². The Bertz CT molecular complexity index is 457. The molecule has 1 heterocycles. The first-order valence-electron chi connectivity index (χ1n) is 6.81. The van der Waals surface area contributed by atoms with Gasteiger partial charge in [0.2, 0.25) is 0 Å². The van der Waals surface area contributed by atoms with E-state index in [4.69, 9.17) is 4.74 Å². The molecule has 2 aliphatic carbocycles. The van der Waals surface area contributed by atoms with Gasteiger partial charge in [-0.25, -0.2) is 0 Å². The number of carbonyl (C=O) groups excluding carboxylic acids is 1. The second-order valence-electron chi connectivity index (χ2n) is 6.93. The van der Waals surface area contributed by atoms with Gasteiger partial charge in [-0.05, 0) is 38.7 Å². The van der Waals surface area contributed by atoms with Gasteiger partial charge in [0, 0.05) is 18.3 Å². The quantitative estimate of drug-likeness (QED) is 0.574. The minimum Gasteiger partial charge on any atom is -0.385 e. The zero-order valence-electron chi connectivity index (χ0n) is 11.5. The number of Topliss-reactive ketones (excluding diaryl/α,β-unsaturated/α-hetero) is 1. The van der Waals surface area contributed by atoms with Gasteiger partial charge >= 0.3 is 0 Å². The van der Waals surface area contributed by atoms with Crippen molar-refractivity contribution in [2.45, 2.75) is 69.7 Å². The molecule has 2 saturated carbocycles. The number of carbonyl (C=O) groups is 1. The molecule has 0 aromatic rings. The summed E-state index contributed by atoms with van der Waals surface area (Å²) in [5.41, 5.74) is -1.17. The van der Waals surface area contributed by atoms with Gasteiger partial charge in [0.05, 0.1) is 5.60 Å². The predicted molar refractivity (Wildman–Crippen MR) is 68.2 cm³/mol. The Kier molecular flexibility index (Phi) is 2.11. The molecule has 0 radical (unpaired) electrons. The predicted octanol–water partition coefficient (Wildman–Crippen LogP) is 2.37. The van der Waals surface area contributed by atoms with Crippen molar-refractivity contribution in [2.75, 3.05) is 0 Å². The monoisotopic (exact) mass is 250 g/mol. The topological polar surface area (TPSA) is 49.8 Å². The largest absolute Gasteiger partial charge is 0.385 e. The van der Waals surface area contributed by atoms with Crippen LogP contribution in [0.5, 0.6) is 0 Å². The lowest BCUT2D eigenvalue weighted by molar-refractivity contribution is -0.127. The van der Waals surface area contributed by atoms with Gasteiger partial charge in [-0.3, -0.25) is 4.79 Å². The molecule has 3 nitrogen and oxygen atoms in total. The van der Waals surface area contributed by atoms with Gasteiger partial charge in [-0.1, -0.05) is 13.5 Å². The summed E-state index contributed by atoms with van der Waals surface area (Å²) in [6.45, 7) is 9.89. The van der Waals surface area contributed by atoms with E-state index in [0.29, 0.717) is 12.8 Å². The van der Waals surface area contributed by atoms with Crippen molar-refractivity contribution < 1.29 is 14.6 Å². The maximum atomic E-state index is 12.1. The van der Waals surface area contributed by atoms with E-state index in [1.54, 1.807) is 0 Å². The molecule has 1 N–H and O–H groups in total. The molecule has 0 bridgehead atoms. The minimum atomic E-state index is -0.866. The molecule has 0 amide bonds. The Morgan fingerprint density at radius 2 is 2.00 bits per heavy atom. The van der Waals surface area contributed by atoms with Crippen molar-refractivity contribution in [3.05, 3.63) is 12.2 Å². The van der Waals surface area contributed by atoms with Gasteiger partial charge < -0.3 is 9.84 Å². The first kappa shape index (κ1) is 12.4. The van der Waals surface area contributed by atoms with Crippen molar-refractivity contribution >= 4 is 5.78 Å². The maximum Gasteiger partial charge on any atom is 0.167 e. The van der Waals surface area contributed by atoms with Crippen molar-refractivity contribution in [3.63, 3.8) is 0 Å². The summed E-state index contributed by atoms with van der Waals surface area (Å²) in [6, 6.07) is 0. The molecule has 4 atom stereocenters. The number of hydrogen-bond acceptors (Lipinski definition) is 3. The zero-order valence-corrected chi connectivity index (χ0v) is 11.5. The molecule has 0 aromatic carbocycles. The van der Waals surface area contributed by atoms with Crippen molar-refractivity contribution in [2.24, 2.45) is 5.41 Å². The maximum absolute atomic E-state index is 12.1. The lowest BCUT2D eigenvalue weighted by Crippen LogP contribution is -2.56. The van der Waals surface area contributed by atoms with Crippen LogP contribution in [-0.2, 0) is 9.53 Å². The van der Waals surface area contributed by atoms with Crippen molar-refractivity contribution in [3.8, 4) is 0 Å². The van der Waals surface area contributed by atoms with E-state index in [1.165, 1.54) is 0 Å². The highest BCUT2D eigenvalue weighted by Gasteiger charge is 2.81. The zero-order chi connectivity index (χ0) is 13.4. The lowest BCUT2D eigenvalue weighted by atomic mass is 9.53. The van der Waals surface area contributed by atoms with Crippen LogP contribution in [0.25, 0.3) is 0 Å². The fraction of sp³-hybridized carbons (Fsp3) is 0.800. The van der Waals surface area contributed by atoms with Gasteiger partial charge in [0.25, 0.3) is 0 Å². The van der Waals surface area contributed by atoms with Crippen LogP contribution in [-0.4, -0.2) is 27.7 Å². The van der Waals surface area contributed by atoms with E-state index in [-0.39, 0.29) is 11.2 Å². The molecular formula is C15H22O3. The molecule has 3 aliphatic rings. The molecule has 3 fully saturated rings. The Hall–Kier alpha value is -0.670. The first-order chi connectivity index (χ1) is 8.19. The normalized spacial score (nSPS) is 54.6. The van der Waals surface area contributed by atoms with E-state index in [9.17, 15) is 9.90 Å². The van der Waals surface area contributed by atoms with E-state index in [1.807, 2.05) is 13.8 Å². The van der Waals surface area contributed by atoms with Gasteiger partial charge in [0.15, 0.2) is 11.4 Å². The van der Waals surface area contributed by atoms with E-state index < -0.39 is 16.8 Å².